The van der Waals surface area contributed by atoms with Gasteiger partial charge in [0.25, 0.3) is 5.91 Å². The molecule has 1 heterocycles. The average molecular weight is 423 g/mol. The van der Waals surface area contributed by atoms with E-state index in [-0.39, 0.29) is 12.0 Å². The number of hydrogen-bond donors (Lipinski definition) is 2. The van der Waals surface area contributed by atoms with Crippen molar-refractivity contribution >= 4 is 23.2 Å². The Morgan fingerprint density at radius 2 is 1.80 bits per heavy atom. The van der Waals surface area contributed by atoms with Crippen molar-refractivity contribution in [3.63, 3.8) is 0 Å². The summed E-state index contributed by atoms with van der Waals surface area (Å²) in [4.78, 5) is 12.2. The first kappa shape index (κ1) is 20.3. The molecule has 154 valence electrons. The molecule has 0 aliphatic carbocycles. The molecule has 0 aromatic heterocycles. The summed E-state index contributed by atoms with van der Waals surface area (Å²) in [5, 5.41) is 6.96. The molecule has 0 bridgehead atoms. The Morgan fingerprint density at radius 1 is 1.00 bits per heavy atom. The molecule has 0 saturated carbocycles. The molecule has 0 radical (unpaired) electrons. The van der Waals surface area contributed by atoms with Crippen LogP contribution in [0.25, 0.3) is 0 Å². The van der Waals surface area contributed by atoms with E-state index in [0.717, 1.165) is 24.4 Å². The van der Waals surface area contributed by atoms with Crippen LogP contribution in [0.2, 0.25) is 5.02 Å². The van der Waals surface area contributed by atoms with Crippen LogP contribution in [0.5, 0.6) is 11.5 Å². The lowest BCUT2D eigenvalue weighted by Crippen LogP contribution is -2.39. The van der Waals surface area contributed by atoms with Crippen LogP contribution in [-0.2, 0) is 6.42 Å². The van der Waals surface area contributed by atoms with Crippen molar-refractivity contribution in [2.75, 3.05) is 25.0 Å². The van der Waals surface area contributed by atoms with E-state index in [9.17, 15) is 4.79 Å². The quantitative estimate of drug-likeness (QED) is 0.548. The summed E-state index contributed by atoms with van der Waals surface area (Å²) >= 11 is 6.01. The highest BCUT2D eigenvalue weighted by Crippen LogP contribution is 2.33. The van der Waals surface area contributed by atoms with Crippen molar-refractivity contribution < 1.29 is 14.3 Å². The summed E-state index contributed by atoms with van der Waals surface area (Å²) in [5.74, 6) is 1.31. The maximum atomic E-state index is 12.2. The van der Waals surface area contributed by atoms with Gasteiger partial charge in [0, 0.05) is 28.9 Å². The normalized spacial score (nSPS) is 14.9. The molecule has 1 aliphatic rings. The number of carbonyl (C=O) groups excluding carboxylic acids is 1. The summed E-state index contributed by atoms with van der Waals surface area (Å²) in [6.07, 6.45) is 0.828. The fourth-order valence-electron chi connectivity index (χ4n) is 3.23. The Labute approximate surface area is 181 Å². The SMILES string of the molecule is O=C(Nc1ccc(CCNCC2COc3ccc(Cl)cc3O2)cc1)c1ccccc1. The standard InChI is InChI=1S/C24H23ClN2O3/c25-19-8-11-22-23(14-19)30-21(16-29-22)15-26-13-12-17-6-9-20(10-7-17)27-24(28)18-4-2-1-3-5-18/h1-11,14,21,26H,12-13,15-16H2,(H,27,28). The van der Waals surface area contributed by atoms with Gasteiger partial charge in [0.2, 0.25) is 0 Å². The van der Waals surface area contributed by atoms with Crippen LogP contribution in [-0.4, -0.2) is 31.7 Å². The molecule has 1 unspecified atom stereocenters. The Hall–Kier alpha value is -3.02. The molecule has 1 atom stereocenters. The molecular weight excluding hydrogens is 400 g/mol. The van der Waals surface area contributed by atoms with Gasteiger partial charge in [-0.3, -0.25) is 4.79 Å². The molecule has 0 saturated heterocycles. The van der Waals surface area contributed by atoms with Gasteiger partial charge >= 0.3 is 0 Å². The molecule has 0 spiro atoms. The molecule has 1 amide bonds. The van der Waals surface area contributed by atoms with Crippen LogP contribution in [0.4, 0.5) is 5.69 Å². The predicted octanol–water partition coefficient (Wildman–Crippen LogP) is 4.56. The molecule has 6 heteroatoms. The fraction of sp³-hybridized carbons (Fsp3) is 0.208. The van der Waals surface area contributed by atoms with Crippen molar-refractivity contribution in [3.05, 3.63) is 88.9 Å². The van der Waals surface area contributed by atoms with E-state index in [1.54, 1.807) is 24.3 Å². The first-order valence-electron chi connectivity index (χ1n) is 9.92. The maximum absolute atomic E-state index is 12.2. The zero-order valence-corrected chi connectivity index (χ0v) is 17.2. The van der Waals surface area contributed by atoms with Crippen LogP contribution in [0.3, 0.4) is 0 Å². The van der Waals surface area contributed by atoms with E-state index in [1.807, 2.05) is 48.5 Å². The first-order valence-corrected chi connectivity index (χ1v) is 10.3. The van der Waals surface area contributed by atoms with Crippen LogP contribution in [0.15, 0.2) is 72.8 Å². The van der Waals surface area contributed by atoms with Crippen LogP contribution in [0, 0.1) is 0 Å². The minimum atomic E-state index is -0.109. The molecular formula is C24H23ClN2O3. The second-order valence-electron chi connectivity index (χ2n) is 7.11. The summed E-state index contributed by atoms with van der Waals surface area (Å²) in [6, 6.07) is 22.5. The smallest absolute Gasteiger partial charge is 0.255 e. The molecule has 0 fully saturated rings. The highest BCUT2D eigenvalue weighted by atomic mass is 35.5. The summed E-state index contributed by atoms with van der Waals surface area (Å²) in [7, 11) is 0. The van der Waals surface area contributed by atoms with Crippen molar-refractivity contribution in [1.29, 1.82) is 0 Å². The molecule has 5 nitrogen and oxygen atoms in total. The Balaban J connectivity index is 1.20. The topological polar surface area (TPSA) is 59.6 Å². The summed E-state index contributed by atoms with van der Waals surface area (Å²) < 4.78 is 11.7. The number of hydrogen-bond acceptors (Lipinski definition) is 4. The Bertz CT molecular complexity index is 993. The van der Waals surface area contributed by atoms with Gasteiger partial charge in [-0.15, -0.1) is 0 Å². The van der Waals surface area contributed by atoms with E-state index in [4.69, 9.17) is 21.1 Å². The van der Waals surface area contributed by atoms with Gasteiger partial charge in [0.05, 0.1) is 0 Å². The van der Waals surface area contributed by atoms with E-state index in [1.165, 1.54) is 5.56 Å². The van der Waals surface area contributed by atoms with Crippen LogP contribution >= 0.6 is 11.6 Å². The summed E-state index contributed by atoms with van der Waals surface area (Å²) in [6.45, 7) is 2.02. The van der Waals surface area contributed by atoms with Gasteiger partial charge in [-0.25, -0.2) is 0 Å². The van der Waals surface area contributed by atoms with Crippen molar-refractivity contribution in [2.24, 2.45) is 0 Å². The lowest BCUT2D eigenvalue weighted by Gasteiger charge is -2.26. The number of benzene rings is 3. The third-order valence-electron chi connectivity index (χ3n) is 4.83. The van der Waals surface area contributed by atoms with Gasteiger partial charge in [-0.1, -0.05) is 41.9 Å². The molecule has 3 aromatic carbocycles. The zero-order chi connectivity index (χ0) is 20.8. The molecule has 1 aliphatic heterocycles. The molecule has 2 N–H and O–H groups in total. The van der Waals surface area contributed by atoms with Gasteiger partial charge < -0.3 is 20.1 Å². The second kappa shape index (κ2) is 9.65. The number of fused-ring (bicyclic) bond motifs is 1. The van der Waals surface area contributed by atoms with Crippen molar-refractivity contribution in [1.82, 2.24) is 5.32 Å². The molecule has 30 heavy (non-hydrogen) atoms. The maximum Gasteiger partial charge on any atom is 0.255 e. The average Bonchev–Trinajstić information content (AvgIpc) is 2.78. The van der Waals surface area contributed by atoms with Gasteiger partial charge in [-0.2, -0.15) is 0 Å². The van der Waals surface area contributed by atoms with E-state index < -0.39 is 0 Å². The fourth-order valence-corrected chi connectivity index (χ4v) is 3.40. The third kappa shape index (κ3) is 5.32. The van der Waals surface area contributed by atoms with E-state index >= 15 is 0 Å². The van der Waals surface area contributed by atoms with Gasteiger partial charge in [-0.05, 0) is 54.9 Å². The van der Waals surface area contributed by atoms with Crippen LogP contribution < -0.4 is 20.1 Å². The monoisotopic (exact) mass is 422 g/mol. The number of anilines is 1. The highest BCUT2D eigenvalue weighted by Gasteiger charge is 2.20. The van der Waals surface area contributed by atoms with Gasteiger partial charge in [0.15, 0.2) is 11.5 Å². The number of halogens is 1. The minimum absolute atomic E-state index is 0.0495. The Morgan fingerprint density at radius 3 is 2.60 bits per heavy atom. The lowest BCUT2D eigenvalue weighted by atomic mass is 10.1. The highest BCUT2D eigenvalue weighted by molar-refractivity contribution is 6.30. The second-order valence-corrected chi connectivity index (χ2v) is 7.55. The number of amides is 1. The summed E-state index contributed by atoms with van der Waals surface area (Å²) in [5.41, 5.74) is 2.62. The zero-order valence-electron chi connectivity index (χ0n) is 16.4. The largest absolute Gasteiger partial charge is 0.486 e. The lowest BCUT2D eigenvalue weighted by molar-refractivity contribution is 0.0906. The number of nitrogens with one attached hydrogen (secondary N) is 2. The molecule has 4 rings (SSSR count). The van der Waals surface area contributed by atoms with Crippen LogP contribution in [0.1, 0.15) is 15.9 Å². The number of ether oxygens (including phenoxy) is 2. The molecule has 3 aromatic rings. The van der Waals surface area contributed by atoms with Gasteiger partial charge in [0.1, 0.15) is 12.7 Å². The number of carbonyl (C=O) groups is 1. The minimum Gasteiger partial charge on any atom is -0.486 e. The van der Waals surface area contributed by atoms with Crippen molar-refractivity contribution in [3.8, 4) is 11.5 Å². The Kier molecular flexibility index (Phi) is 6.52. The first-order chi connectivity index (χ1) is 14.7. The third-order valence-corrected chi connectivity index (χ3v) is 5.07. The van der Waals surface area contributed by atoms with E-state index in [2.05, 4.69) is 10.6 Å². The predicted molar refractivity (Wildman–Crippen MR) is 119 cm³/mol. The van der Waals surface area contributed by atoms with E-state index in [0.29, 0.717) is 29.5 Å². The number of rotatable bonds is 7. The van der Waals surface area contributed by atoms with Crippen molar-refractivity contribution in [2.45, 2.75) is 12.5 Å².